The molecule has 96 valence electrons. The number of ether oxygens (including phenoxy) is 1. The maximum absolute atomic E-state index is 14.0. The van der Waals surface area contributed by atoms with E-state index >= 15 is 0 Å². The number of fused-ring (bicyclic) bond motifs is 1. The van der Waals surface area contributed by atoms with Crippen molar-refractivity contribution in [2.45, 2.75) is 6.92 Å². The lowest BCUT2D eigenvalue weighted by molar-refractivity contribution is 0.411. The maximum Gasteiger partial charge on any atom is 0.178 e. The topological polar surface area (TPSA) is 50.8 Å². The summed E-state index contributed by atoms with van der Waals surface area (Å²) in [6.07, 6.45) is 1.73. The summed E-state index contributed by atoms with van der Waals surface area (Å²) in [6, 6.07) is 6.60. The van der Waals surface area contributed by atoms with Crippen LogP contribution in [-0.2, 0) is 0 Å². The Balaban J connectivity index is 2.13. The minimum Gasteiger partial charge on any atom is -0.497 e. The molecule has 0 fully saturated rings. The van der Waals surface area contributed by atoms with Gasteiger partial charge >= 0.3 is 0 Å². The van der Waals surface area contributed by atoms with Crippen molar-refractivity contribution in [3.05, 3.63) is 41.8 Å². The number of hydrogen-bond acceptors (Lipinski definition) is 3. The lowest BCUT2D eigenvalue weighted by Crippen LogP contribution is -1.89. The zero-order valence-corrected chi connectivity index (χ0v) is 10.6. The van der Waals surface area contributed by atoms with Gasteiger partial charge in [-0.3, -0.25) is 0 Å². The summed E-state index contributed by atoms with van der Waals surface area (Å²) in [7, 11) is 1.50. The van der Waals surface area contributed by atoms with Crippen LogP contribution >= 0.6 is 0 Å². The lowest BCUT2D eigenvalue weighted by atomic mass is 10.2. The number of aromatic nitrogens is 3. The summed E-state index contributed by atoms with van der Waals surface area (Å²) < 4.78 is 18.9. The Labute approximate surface area is 109 Å². The van der Waals surface area contributed by atoms with Gasteiger partial charge in [-0.15, -0.1) is 0 Å². The number of H-pyrrole nitrogens is 1. The predicted octanol–water partition coefficient (Wildman–Crippen LogP) is 3.08. The number of nitrogens with one attached hydrogen (secondary N) is 1. The fourth-order valence-electron chi connectivity index (χ4n) is 1.95. The molecule has 0 spiro atoms. The summed E-state index contributed by atoms with van der Waals surface area (Å²) >= 11 is 0. The van der Waals surface area contributed by atoms with Gasteiger partial charge in [0, 0.05) is 12.3 Å². The van der Waals surface area contributed by atoms with Crippen molar-refractivity contribution >= 4 is 11.2 Å². The fraction of sp³-hybridized carbons (Fsp3) is 0.143. The maximum atomic E-state index is 14.0. The van der Waals surface area contributed by atoms with Crippen LogP contribution in [0.1, 0.15) is 5.56 Å². The molecule has 19 heavy (non-hydrogen) atoms. The summed E-state index contributed by atoms with van der Waals surface area (Å²) in [5.41, 5.74) is 2.80. The number of aromatic amines is 1. The number of methoxy groups -OCH3 is 1. The van der Waals surface area contributed by atoms with Crippen LogP contribution in [0.4, 0.5) is 4.39 Å². The molecule has 0 saturated carbocycles. The number of benzene rings is 1. The first kappa shape index (κ1) is 11.6. The van der Waals surface area contributed by atoms with Crippen LogP contribution in [0.5, 0.6) is 5.75 Å². The third-order valence-corrected chi connectivity index (χ3v) is 2.91. The first-order valence-electron chi connectivity index (χ1n) is 5.83. The summed E-state index contributed by atoms with van der Waals surface area (Å²) in [6.45, 7) is 1.95. The van der Waals surface area contributed by atoms with E-state index in [9.17, 15) is 4.39 Å². The molecule has 4 nitrogen and oxygen atoms in total. The molecular formula is C14H12FN3O. The first-order valence-corrected chi connectivity index (χ1v) is 5.83. The van der Waals surface area contributed by atoms with Crippen LogP contribution in [0.25, 0.3) is 22.6 Å². The third-order valence-electron chi connectivity index (χ3n) is 2.91. The van der Waals surface area contributed by atoms with Gasteiger partial charge in [0.2, 0.25) is 0 Å². The average Bonchev–Trinajstić information content (AvgIpc) is 2.81. The molecule has 0 aliphatic carbocycles. The number of halogens is 1. The predicted molar refractivity (Wildman–Crippen MR) is 70.6 cm³/mol. The van der Waals surface area contributed by atoms with E-state index in [4.69, 9.17) is 4.74 Å². The van der Waals surface area contributed by atoms with Crippen LogP contribution in [0.15, 0.2) is 30.5 Å². The molecule has 0 aliphatic heterocycles. The number of imidazole rings is 1. The second-order valence-corrected chi connectivity index (χ2v) is 4.32. The van der Waals surface area contributed by atoms with E-state index in [0.717, 1.165) is 11.1 Å². The van der Waals surface area contributed by atoms with Crippen molar-refractivity contribution in [2.24, 2.45) is 0 Å². The fourth-order valence-corrected chi connectivity index (χ4v) is 1.95. The number of pyridine rings is 1. The minimum absolute atomic E-state index is 0.380. The number of rotatable bonds is 2. The van der Waals surface area contributed by atoms with E-state index in [-0.39, 0.29) is 5.82 Å². The van der Waals surface area contributed by atoms with E-state index in [1.807, 2.05) is 13.0 Å². The molecule has 0 bridgehead atoms. The van der Waals surface area contributed by atoms with Crippen LogP contribution in [0, 0.1) is 12.7 Å². The Morgan fingerprint density at radius 3 is 2.84 bits per heavy atom. The number of aryl methyl sites for hydroxylation is 1. The molecule has 1 N–H and O–H groups in total. The highest BCUT2D eigenvalue weighted by atomic mass is 19.1. The van der Waals surface area contributed by atoms with E-state index in [0.29, 0.717) is 22.8 Å². The molecule has 0 unspecified atom stereocenters. The normalized spacial score (nSPS) is 10.9. The van der Waals surface area contributed by atoms with Gasteiger partial charge in [0.15, 0.2) is 5.65 Å². The first-order chi connectivity index (χ1) is 9.17. The van der Waals surface area contributed by atoms with Gasteiger partial charge in [-0.05, 0) is 30.7 Å². The summed E-state index contributed by atoms with van der Waals surface area (Å²) in [5, 5.41) is 0. The largest absolute Gasteiger partial charge is 0.497 e. The SMILES string of the molecule is COc1ccc(-c2nc3ncc(C)cc3[nH]2)c(F)c1. The van der Waals surface area contributed by atoms with Crippen LogP contribution in [-0.4, -0.2) is 22.1 Å². The highest BCUT2D eigenvalue weighted by Gasteiger charge is 2.11. The Kier molecular flexibility index (Phi) is 2.67. The van der Waals surface area contributed by atoms with E-state index < -0.39 is 0 Å². The van der Waals surface area contributed by atoms with Crippen molar-refractivity contribution in [1.82, 2.24) is 15.0 Å². The van der Waals surface area contributed by atoms with E-state index in [1.165, 1.54) is 13.2 Å². The Bertz CT molecular complexity index is 752. The number of nitrogens with zero attached hydrogens (tertiary/aromatic N) is 2. The molecular weight excluding hydrogens is 245 g/mol. The summed E-state index contributed by atoms with van der Waals surface area (Å²) in [5.74, 6) is 0.565. The van der Waals surface area contributed by atoms with E-state index in [2.05, 4.69) is 15.0 Å². The zero-order chi connectivity index (χ0) is 13.4. The van der Waals surface area contributed by atoms with Crippen molar-refractivity contribution in [1.29, 1.82) is 0 Å². The van der Waals surface area contributed by atoms with Crippen molar-refractivity contribution in [3.8, 4) is 17.1 Å². The Morgan fingerprint density at radius 2 is 2.11 bits per heavy atom. The molecule has 3 aromatic rings. The highest BCUT2D eigenvalue weighted by Crippen LogP contribution is 2.25. The van der Waals surface area contributed by atoms with Gasteiger partial charge in [-0.1, -0.05) is 0 Å². The smallest absolute Gasteiger partial charge is 0.178 e. The van der Waals surface area contributed by atoms with Gasteiger partial charge in [0.1, 0.15) is 17.4 Å². The molecule has 2 heterocycles. The highest BCUT2D eigenvalue weighted by molar-refractivity contribution is 5.76. The summed E-state index contributed by atoms with van der Waals surface area (Å²) in [4.78, 5) is 11.6. The quantitative estimate of drug-likeness (QED) is 0.767. The van der Waals surface area contributed by atoms with Gasteiger partial charge in [-0.25, -0.2) is 14.4 Å². The molecule has 0 aliphatic rings. The van der Waals surface area contributed by atoms with E-state index in [1.54, 1.807) is 18.3 Å². The van der Waals surface area contributed by atoms with Gasteiger partial charge in [0.05, 0.1) is 18.2 Å². The number of hydrogen-bond donors (Lipinski definition) is 1. The molecule has 0 amide bonds. The lowest BCUT2D eigenvalue weighted by Gasteiger charge is -2.02. The second kappa shape index (κ2) is 4.35. The molecule has 0 saturated heterocycles. The van der Waals surface area contributed by atoms with Crippen molar-refractivity contribution < 1.29 is 9.13 Å². The van der Waals surface area contributed by atoms with Crippen LogP contribution in [0.2, 0.25) is 0 Å². The average molecular weight is 257 g/mol. The van der Waals surface area contributed by atoms with Crippen molar-refractivity contribution in [3.63, 3.8) is 0 Å². The zero-order valence-electron chi connectivity index (χ0n) is 10.6. The Hall–Kier alpha value is -2.43. The molecule has 5 heteroatoms. The molecule has 1 aromatic carbocycles. The van der Waals surface area contributed by atoms with Gasteiger partial charge in [-0.2, -0.15) is 0 Å². The van der Waals surface area contributed by atoms with Crippen molar-refractivity contribution in [2.75, 3.05) is 7.11 Å². The second-order valence-electron chi connectivity index (χ2n) is 4.32. The standard InChI is InChI=1S/C14H12FN3O/c1-8-5-12-14(16-7-8)18-13(17-12)10-4-3-9(19-2)6-11(10)15/h3-7H,1-2H3,(H,16,17,18). The van der Waals surface area contributed by atoms with Gasteiger partial charge < -0.3 is 9.72 Å². The third kappa shape index (κ3) is 2.03. The van der Waals surface area contributed by atoms with Gasteiger partial charge in [0.25, 0.3) is 0 Å². The minimum atomic E-state index is -0.380. The Morgan fingerprint density at radius 1 is 1.26 bits per heavy atom. The van der Waals surface area contributed by atoms with Crippen LogP contribution in [0.3, 0.4) is 0 Å². The molecule has 0 atom stereocenters. The molecule has 0 radical (unpaired) electrons. The molecule has 3 rings (SSSR count). The molecule has 2 aromatic heterocycles. The van der Waals surface area contributed by atoms with Crippen LogP contribution < -0.4 is 4.74 Å². The monoisotopic (exact) mass is 257 g/mol.